The molecule has 0 bridgehead atoms. The second-order valence-corrected chi connectivity index (χ2v) is 11.6. The van der Waals surface area contributed by atoms with Crippen molar-refractivity contribution >= 4 is 21.8 Å². The number of sulfonamides is 1. The third-order valence-corrected chi connectivity index (χ3v) is 8.87. The van der Waals surface area contributed by atoms with Gasteiger partial charge in [-0.3, -0.25) is 9.59 Å². The molecule has 184 valence electrons. The summed E-state index contributed by atoms with van der Waals surface area (Å²) in [6.45, 7) is 9.42. The average Bonchev–Trinajstić information content (AvgIpc) is 2.80. The standard InChI is InChI=1S/C24H37N3O5S/c1-16(2)22(24(29)25-21-10-5-7-17(3)18(21)4)26-23(28)19-8-6-9-20(15-19)33(30,31)27-11-13-32-14-12-27/h6,8-9,15-18,21-22H,5,7,10-14H2,1-4H3,(H,25,29)(H,26,28). The van der Waals surface area contributed by atoms with Crippen LogP contribution in [0.25, 0.3) is 0 Å². The van der Waals surface area contributed by atoms with Gasteiger partial charge in [0.05, 0.1) is 18.1 Å². The van der Waals surface area contributed by atoms with E-state index in [1.807, 2.05) is 13.8 Å². The van der Waals surface area contributed by atoms with Crippen LogP contribution in [0.4, 0.5) is 0 Å². The van der Waals surface area contributed by atoms with Gasteiger partial charge in [-0.1, -0.05) is 46.6 Å². The van der Waals surface area contributed by atoms with Crippen LogP contribution in [0.5, 0.6) is 0 Å². The van der Waals surface area contributed by atoms with E-state index >= 15 is 0 Å². The van der Waals surface area contributed by atoms with Crippen LogP contribution in [0.2, 0.25) is 0 Å². The van der Waals surface area contributed by atoms with Crippen LogP contribution in [-0.4, -0.2) is 62.9 Å². The van der Waals surface area contributed by atoms with Crippen molar-refractivity contribution in [3.63, 3.8) is 0 Å². The maximum absolute atomic E-state index is 13.1. The van der Waals surface area contributed by atoms with Gasteiger partial charge >= 0.3 is 0 Å². The minimum Gasteiger partial charge on any atom is -0.379 e. The molecular weight excluding hydrogens is 442 g/mol. The van der Waals surface area contributed by atoms with E-state index in [9.17, 15) is 18.0 Å². The Hall–Kier alpha value is -1.97. The monoisotopic (exact) mass is 479 g/mol. The number of rotatable bonds is 7. The lowest BCUT2D eigenvalue weighted by molar-refractivity contribution is -0.125. The molecule has 2 fully saturated rings. The molecule has 1 heterocycles. The summed E-state index contributed by atoms with van der Waals surface area (Å²) in [6, 6.07) is 5.37. The van der Waals surface area contributed by atoms with Crippen LogP contribution in [0.1, 0.15) is 57.3 Å². The summed E-state index contributed by atoms with van der Waals surface area (Å²) >= 11 is 0. The van der Waals surface area contributed by atoms with Crippen molar-refractivity contribution in [1.82, 2.24) is 14.9 Å². The van der Waals surface area contributed by atoms with E-state index in [-0.39, 0.29) is 41.4 Å². The highest BCUT2D eigenvalue weighted by molar-refractivity contribution is 7.89. The van der Waals surface area contributed by atoms with Gasteiger partial charge in [-0.25, -0.2) is 8.42 Å². The molecule has 0 radical (unpaired) electrons. The zero-order valence-electron chi connectivity index (χ0n) is 20.0. The van der Waals surface area contributed by atoms with Crippen LogP contribution < -0.4 is 10.6 Å². The fraction of sp³-hybridized carbons (Fsp3) is 0.667. The molecule has 1 saturated carbocycles. The number of hydrogen-bond acceptors (Lipinski definition) is 5. The summed E-state index contributed by atoms with van der Waals surface area (Å²) in [4.78, 5) is 26.1. The molecule has 4 atom stereocenters. The minimum atomic E-state index is -3.72. The van der Waals surface area contributed by atoms with E-state index in [2.05, 4.69) is 24.5 Å². The van der Waals surface area contributed by atoms with Crippen molar-refractivity contribution in [1.29, 1.82) is 0 Å². The SMILES string of the molecule is CC(C)C(NC(=O)c1cccc(S(=O)(=O)N2CCOCC2)c1)C(=O)NC1CCCC(C)C1C. The number of carbonyl (C=O) groups is 2. The zero-order valence-corrected chi connectivity index (χ0v) is 20.9. The lowest BCUT2D eigenvalue weighted by atomic mass is 9.78. The van der Waals surface area contributed by atoms with Crippen molar-refractivity contribution in [2.24, 2.45) is 17.8 Å². The van der Waals surface area contributed by atoms with E-state index in [1.165, 1.54) is 22.9 Å². The van der Waals surface area contributed by atoms with Gasteiger partial charge in [0.2, 0.25) is 15.9 Å². The molecule has 1 aliphatic carbocycles. The van der Waals surface area contributed by atoms with Crippen molar-refractivity contribution in [2.45, 2.75) is 63.9 Å². The molecule has 1 aliphatic heterocycles. The van der Waals surface area contributed by atoms with Crippen molar-refractivity contribution in [3.05, 3.63) is 29.8 Å². The number of morpholine rings is 1. The highest BCUT2D eigenvalue weighted by Gasteiger charge is 2.32. The number of carbonyl (C=O) groups excluding carboxylic acids is 2. The molecule has 33 heavy (non-hydrogen) atoms. The van der Waals surface area contributed by atoms with Crippen LogP contribution in [0.15, 0.2) is 29.2 Å². The molecule has 0 aromatic heterocycles. The third kappa shape index (κ3) is 6.13. The molecule has 2 aliphatic rings. The molecule has 8 nitrogen and oxygen atoms in total. The summed E-state index contributed by atoms with van der Waals surface area (Å²) in [6.07, 6.45) is 3.19. The fourth-order valence-electron chi connectivity index (χ4n) is 4.55. The Morgan fingerprint density at radius 2 is 1.82 bits per heavy atom. The van der Waals surface area contributed by atoms with Gasteiger partial charge in [0.1, 0.15) is 6.04 Å². The van der Waals surface area contributed by atoms with E-state index in [1.54, 1.807) is 12.1 Å². The molecule has 3 rings (SSSR count). The van der Waals surface area contributed by atoms with Gasteiger partial charge in [-0.15, -0.1) is 0 Å². The number of ether oxygens (including phenoxy) is 1. The van der Waals surface area contributed by atoms with Gasteiger partial charge in [0.15, 0.2) is 0 Å². The Kier molecular flexibility index (Phi) is 8.53. The molecule has 9 heteroatoms. The number of hydrogen-bond donors (Lipinski definition) is 2. The average molecular weight is 480 g/mol. The maximum atomic E-state index is 13.1. The maximum Gasteiger partial charge on any atom is 0.251 e. The predicted molar refractivity (Wildman–Crippen MR) is 126 cm³/mol. The van der Waals surface area contributed by atoms with Gasteiger partial charge in [-0.2, -0.15) is 4.31 Å². The zero-order chi connectivity index (χ0) is 24.2. The van der Waals surface area contributed by atoms with Gasteiger partial charge < -0.3 is 15.4 Å². The Balaban J connectivity index is 1.71. The van der Waals surface area contributed by atoms with E-state index < -0.39 is 22.0 Å². The van der Waals surface area contributed by atoms with Crippen molar-refractivity contribution in [3.8, 4) is 0 Å². The summed E-state index contributed by atoms with van der Waals surface area (Å²) < 4.78 is 32.5. The second kappa shape index (κ2) is 11.0. The lowest BCUT2D eigenvalue weighted by Gasteiger charge is -2.36. The summed E-state index contributed by atoms with van der Waals surface area (Å²) in [7, 11) is -3.72. The van der Waals surface area contributed by atoms with Gasteiger partial charge in [-0.05, 0) is 42.4 Å². The fourth-order valence-corrected chi connectivity index (χ4v) is 6.01. The van der Waals surface area contributed by atoms with Crippen molar-refractivity contribution < 1.29 is 22.7 Å². The Morgan fingerprint density at radius 3 is 2.48 bits per heavy atom. The lowest BCUT2D eigenvalue weighted by Crippen LogP contribution is -2.54. The minimum absolute atomic E-state index is 0.0626. The topological polar surface area (TPSA) is 105 Å². The Bertz CT molecular complexity index is 943. The molecule has 2 amide bonds. The van der Waals surface area contributed by atoms with E-state index in [4.69, 9.17) is 4.74 Å². The first-order valence-electron chi connectivity index (χ1n) is 11.9. The second-order valence-electron chi connectivity index (χ2n) is 9.62. The normalized spacial score (nSPS) is 25.4. The highest BCUT2D eigenvalue weighted by atomic mass is 32.2. The molecule has 0 spiro atoms. The van der Waals surface area contributed by atoms with Gasteiger partial charge in [0.25, 0.3) is 5.91 Å². The first-order valence-corrected chi connectivity index (χ1v) is 13.3. The Morgan fingerprint density at radius 1 is 1.12 bits per heavy atom. The third-order valence-electron chi connectivity index (χ3n) is 6.97. The highest BCUT2D eigenvalue weighted by Crippen LogP contribution is 2.29. The quantitative estimate of drug-likeness (QED) is 0.625. The number of nitrogens with zero attached hydrogens (tertiary/aromatic N) is 1. The van der Waals surface area contributed by atoms with Gasteiger partial charge in [0, 0.05) is 24.7 Å². The molecular formula is C24H37N3O5S. The molecule has 1 aromatic rings. The molecule has 4 unspecified atom stereocenters. The number of benzene rings is 1. The van der Waals surface area contributed by atoms with E-state index in [0.29, 0.717) is 25.0 Å². The summed E-state index contributed by atoms with van der Waals surface area (Å²) in [5.74, 6) is 0.153. The van der Waals surface area contributed by atoms with Crippen molar-refractivity contribution in [2.75, 3.05) is 26.3 Å². The number of nitrogens with one attached hydrogen (secondary N) is 2. The molecule has 1 saturated heterocycles. The van der Waals surface area contributed by atoms with Crippen LogP contribution in [0.3, 0.4) is 0 Å². The smallest absolute Gasteiger partial charge is 0.251 e. The number of amides is 2. The van der Waals surface area contributed by atoms with Crippen LogP contribution in [-0.2, 0) is 19.6 Å². The van der Waals surface area contributed by atoms with Crippen LogP contribution in [0, 0.1) is 17.8 Å². The Labute approximate surface area is 197 Å². The first-order chi connectivity index (χ1) is 15.6. The van der Waals surface area contributed by atoms with E-state index in [0.717, 1.165) is 12.8 Å². The predicted octanol–water partition coefficient (Wildman–Crippen LogP) is 2.40. The molecule has 2 N–H and O–H groups in total. The summed E-state index contributed by atoms with van der Waals surface area (Å²) in [5.41, 5.74) is 0.211. The first kappa shape index (κ1) is 25.6. The largest absolute Gasteiger partial charge is 0.379 e. The summed E-state index contributed by atoms with van der Waals surface area (Å²) in [5, 5.41) is 5.97. The molecule has 1 aromatic carbocycles. The van der Waals surface area contributed by atoms with Crippen LogP contribution >= 0.6 is 0 Å².